The molecule has 1 aromatic carbocycles. The standard InChI is InChI=1S/C16H28N2O/c1-5-11-17-15(6-2)13-18(3)12-14-9-7-8-10-16(14)19-4/h7-10,15,17H,5-6,11-13H2,1-4H3. The van der Waals surface area contributed by atoms with E-state index in [1.807, 2.05) is 12.1 Å². The smallest absolute Gasteiger partial charge is 0.123 e. The Kier molecular flexibility index (Phi) is 7.53. The number of rotatable bonds is 9. The summed E-state index contributed by atoms with van der Waals surface area (Å²) in [6.45, 7) is 7.53. The Balaban J connectivity index is 2.51. The summed E-state index contributed by atoms with van der Waals surface area (Å²) in [7, 11) is 3.90. The van der Waals surface area contributed by atoms with E-state index in [-0.39, 0.29) is 0 Å². The van der Waals surface area contributed by atoms with Crippen molar-refractivity contribution in [1.29, 1.82) is 0 Å². The average Bonchev–Trinajstić information content (AvgIpc) is 2.44. The van der Waals surface area contributed by atoms with E-state index in [9.17, 15) is 0 Å². The fourth-order valence-corrected chi connectivity index (χ4v) is 2.25. The lowest BCUT2D eigenvalue weighted by Gasteiger charge is -2.24. The normalized spacial score (nSPS) is 12.7. The molecule has 1 rings (SSSR count). The van der Waals surface area contributed by atoms with Crippen molar-refractivity contribution in [1.82, 2.24) is 10.2 Å². The van der Waals surface area contributed by atoms with Crippen LogP contribution < -0.4 is 10.1 Å². The molecule has 0 heterocycles. The van der Waals surface area contributed by atoms with E-state index >= 15 is 0 Å². The fraction of sp³-hybridized carbons (Fsp3) is 0.625. The topological polar surface area (TPSA) is 24.5 Å². The van der Waals surface area contributed by atoms with Crippen LogP contribution in [0, 0.1) is 0 Å². The van der Waals surface area contributed by atoms with Gasteiger partial charge in [-0.15, -0.1) is 0 Å². The number of benzene rings is 1. The fourth-order valence-electron chi connectivity index (χ4n) is 2.25. The third kappa shape index (κ3) is 5.62. The molecule has 0 spiro atoms. The lowest BCUT2D eigenvalue weighted by Crippen LogP contribution is -2.39. The van der Waals surface area contributed by atoms with Crippen molar-refractivity contribution in [3.8, 4) is 5.75 Å². The number of nitrogens with zero attached hydrogens (tertiary/aromatic N) is 1. The number of para-hydroxylation sites is 1. The van der Waals surface area contributed by atoms with Gasteiger partial charge in [0.15, 0.2) is 0 Å². The molecular weight excluding hydrogens is 236 g/mol. The Morgan fingerprint density at radius 1 is 1.26 bits per heavy atom. The largest absolute Gasteiger partial charge is 0.496 e. The minimum Gasteiger partial charge on any atom is -0.496 e. The predicted molar refractivity (Wildman–Crippen MR) is 81.7 cm³/mol. The van der Waals surface area contributed by atoms with Crippen molar-refractivity contribution in [3.63, 3.8) is 0 Å². The predicted octanol–water partition coefficient (Wildman–Crippen LogP) is 2.91. The first kappa shape index (κ1) is 16.0. The summed E-state index contributed by atoms with van der Waals surface area (Å²) in [5, 5.41) is 3.59. The molecule has 0 radical (unpaired) electrons. The van der Waals surface area contributed by atoms with Gasteiger partial charge in [0.1, 0.15) is 5.75 Å². The number of methoxy groups -OCH3 is 1. The van der Waals surface area contributed by atoms with Gasteiger partial charge < -0.3 is 15.0 Å². The van der Waals surface area contributed by atoms with Crippen LogP contribution >= 0.6 is 0 Å². The molecule has 0 aliphatic heterocycles. The van der Waals surface area contributed by atoms with Gasteiger partial charge in [-0.2, -0.15) is 0 Å². The van der Waals surface area contributed by atoms with Crippen LogP contribution in [-0.4, -0.2) is 38.2 Å². The van der Waals surface area contributed by atoms with Crippen molar-refractivity contribution in [2.75, 3.05) is 27.2 Å². The molecule has 0 fully saturated rings. The van der Waals surface area contributed by atoms with Gasteiger partial charge >= 0.3 is 0 Å². The summed E-state index contributed by atoms with van der Waals surface area (Å²) in [4.78, 5) is 2.36. The SMILES string of the molecule is CCCNC(CC)CN(C)Cc1ccccc1OC. The Hall–Kier alpha value is -1.06. The monoisotopic (exact) mass is 264 g/mol. The molecule has 1 N–H and O–H groups in total. The van der Waals surface area contributed by atoms with E-state index in [2.05, 4.69) is 43.2 Å². The Bertz CT molecular complexity index is 354. The minimum atomic E-state index is 0.569. The van der Waals surface area contributed by atoms with E-state index in [4.69, 9.17) is 4.74 Å². The third-order valence-corrected chi connectivity index (χ3v) is 3.34. The van der Waals surface area contributed by atoms with Crippen LogP contribution in [0.5, 0.6) is 5.75 Å². The summed E-state index contributed by atoms with van der Waals surface area (Å²) in [6, 6.07) is 8.81. The highest BCUT2D eigenvalue weighted by Gasteiger charge is 2.10. The van der Waals surface area contributed by atoms with Crippen molar-refractivity contribution in [3.05, 3.63) is 29.8 Å². The zero-order valence-electron chi connectivity index (χ0n) is 12.8. The molecule has 3 heteroatoms. The van der Waals surface area contributed by atoms with Gasteiger partial charge in [0.2, 0.25) is 0 Å². The summed E-state index contributed by atoms with van der Waals surface area (Å²) in [5.74, 6) is 0.976. The van der Waals surface area contributed by atoms with Gasteiger partial charge in [0, 0.05) is 24.7 Å². The van der Waals surface area contributed by atoms with Gasteiger partial charge in [0.05, 0.1) is 7.11 Å². The Morgan fingerprint density at radius 3 is 2.63 bits per heavy atom. The van der Waals surface area contributed by atoms with E-state index in [0.717, 1.165) is 31.8 Å². The molecule has 0 aliphatic rings. The second kappa shape index (κ2) is 8.94. The Morgan fingerprint density at radius 2 is 2.00 bits per heavy atom. The van der Waals surface area contributed by atoms with Crippen LogP contribution in [0.25, 0.3) is 0 Å². The molecule has 19 heavy (non-hydrogen) atoms. The molecule has 3 nitrogen and oxygen atoms in total. The first-order chi connectivity index (χ1) is 9.21. The van der Waals surface area contributed by atoms with E-state index in [1.54, 1.807) is 7.11 Å². The van der Waals surface area contributed by atoms with Gasteiger partial charge in [-0.3, -0.25) is 0 Å². The zero-order valence-corrected chi connectivity index (χ0v) is 12.8. The second-order valence-corrected chi connectivity index (χ2v) is 5.07. The van der Waals surface area contributed by atoms with Gasteiger partial charge in [-0.25, -0.2) is 0 Å². The first-order valence-electron chi connectivity index (χ1n) is 7.25. The molecular formula is C16H28N2O. The number of hydrogen-bond donors (Lipinski definition) is 1. The van der Waals surface area contributed by atoms with Crippen molar-refractivity contribution in [2.24, 2.45) is 0 Å². The summed E-state index contributed by atoms with van der Waals surface area (Å²) in [5.41, 5.74) is 1.25. The quantitative estimate of drug-likeness (QED) is 0.742. The van der Waals surface area contributed by atoms with E-state index in [1.165, 1.54) is 12.0 Å². The number of ether oxygens (including phenoxy) is 1. The summed E-state index contributed by atoms with van der Waals surface area (Å²) >= 11 is 0. The van der Waals surface area contributed by atoms with Crippen LogP contribution in [0.3, 0.4) is 0 Å². The molecule has 0 saturated heterocycles. The minimum absolute atomic E-state index is 0.569. The van der Waals surface area contributed by atoms with Crippen LogP contribution in [0.4, 0.5) is 0 Å². The molecule has 0 aliphatic carbocycles. The maximum atomic E-state index is 5.40. The molecule has 0 bridgehead atoms. The molecule has 0 saturated carbocycles. The molecule has 1 atom stereocenters. The second-order valence-electron chi connectivity index (χ2n) is 5.07. The lowest BCUT2D eigenvalue weighted by molar-refractivity contribution is 0.273. The highest BCUT2D eigenvalue weighted by molar-refractivity contribution is 5.32. The lowest BCUT2D eigenvalue weighted by atomic mass is 10.1. The Labute approximate surface area is 118 Å². The number of nitrogens with one attached hydrogen (secondary N) is 1. The van der Waals surface area contributed by atoms with E-state index < -0.39 is 0 Å². The van der Waals surface area contributed by atoms with Gasteiger partial charge in [0.25, 0.3) is 0 Å². The van der Waals surface area contributed by atoms with Gasteiger partial charge in [-0.1, -0.05) is 32.0 Å². The zero-order chi connectivity index (χ0) is 14.1. The van der Waals surface area contributed by atoms with Crippen molar-refractivity contribution < 1.29 is 4.74 Å². The third-order valence-electron chi connectivity index (χ3n) is 3.34. The van der Waals surface area contributed by atoms with Crippen LogP contribution in [0.2, 0.25) is 0 Å². The van der Waals surface area contributed by atoms with E-state index in [0.29, 0.717) is 6.04 Å². The van der Waals surface area contributed by atoms with Crippen LogP contribution in [0.1, 0.15) is 32.3 Å². The maximum absolute atomic E-state index is 5.40. The van der Waals surface area contributed by atoms with Crippen molar-refractivity contribution in [2.45, 2.75) is 39.3 Å². The number of likely N-dealkylation sites (N-methyl/N-ethyl adjacent to an activating group) is 1. The summed E-state index contributed by atoms with van der Waals surface area (Å²) in [6.07, 6.45) is 2.35. The first-order valence-corrected chi connectivity index (χ1v) is 7.25. The molecule has 1 aromatic rings. The van der Waals surface area contributed by atoms with Crippen molar-refractivity contribution >= 4 is 0 Å². The highest BCUT2D eigenvalue weighted by atomic mass is 16.5. The number of hydrogen-bond acceptors (Lipinski definition) is 3. The molecule has 0 aromatic heterocycles. The molecule has 1 unspecified atom stereocenters. The van der Waals surface area contributed by atoms with Crippen LogP contribution in [-0.2, 0) is 6.54 Å². The molecule has 0 amide bonds. The molecule has 108 valence electrons. The van der Waals surface area contributed by atoms with Gasteiger partial charge in [-0.05, 0) is 32.5 Å². The van der Waals surface area contributed by atoms with Crippen LogP contribution in [0.15, 0.2) is 24.3 Å². The highest BCUT2D eigenvalue weighted by Crippen LogP contribution is 2.18. The average molecular weight is 264 g/mol. The maximum Gasteiger partial charge on any atom is 0.123 e. The summed E-state index contributed by atoms with van der Waals surface area (Å²) < 4.78 is 5.40.